The summed E-state index contributed by atoms with van der Waals surface area (Å²) >= 11 is 3.48. The van der Waals surface area contributed by atoms with E-state index >= 15 is 0 Å². The summed E-state index contributed by atoms with van der Waals surface area (Å²) in [7, 11) is 0. The predicted molar refractivity (Wildman–Crippen MR) is 119 cm³/mol. The number of aliphatic imine (C=N–C) groups is 1. The number of benzene rings is 2. The standard InChI is InChI=1S/C23H17NO3S2/c1-13-11-21(26)27-23-14(13)8-9-17(25)22(23)16-12-20(19-7-4-10-28-19)29-18-6-3-2-5-15(18)24-16/h2-11,20,25H,12H2,1H3/t20-/m1/s1. The van der Waals surface area contributed by atoms with E-state index in [4.69, 9.17) is 9.41 Å². The van der Waals surface area contributed by atoms with Crippen molar-refractivity contribution in [3.63, 3.8) is 0 Å². The van der Waals surface area contributed by atoms with Gasteiger partial charge in [-0.2, -0.15) is 0 Å². The van der Waals surface area contributed by atoms with Crippen molar-refractivity contribution in [1.29, 1.82) is 0 Å². The number of rotatable bonds is 2. The summed E-state index contributed by atoms with van der Waals surface area (Å²) in [4.78, 5) is 19.3. The van der Waals surface area contributed by atoms with Crippen LogP contribution in [0.25, 0.3) is 11.0 Å². The third-order valence-corrected chi connectivity index (χ3v) is 7.45. The molecule has 0 saturated heterocycles. The van der Waals surface area contributed by atoms with E-state index < -0.39 is 5.63 Å². The maximum absolute atomic E-state index is 12.1. The summed E-state index contributed by atoms with van der Waals surface area (Å²) < 4.78 is 5.56. The first-order valence-corrected chi connectivity index (χ1v) is 11.0. The van der Waals surface area contributed by atoms with E-state index in [-0.39, 0.29) is 11.0 Å². The van der Waals surface area contributed by atoms with Crippen molar-refractivity contribution in [2.45, 2.75) is 23.5 Å². The quantitative estimate of drug-likeness (QED) is 0.391. The van der Waals surface area contributed by atoms with E-state index in [1.807, 2.05) is 31.2 Å². The van der Waals surface area contributed by atoms with Crippen LogP contribution in [0.1, 0.15) is 27.7 Å². The minimum Gasteiger partial charge on any atom is -0.507 e. The first kappa shape index (κ1) is 18.2. The molecule has 144 valence electrons. The van der Waals surface area contributed by atoms with Crippen molar-refractivity contribution >= 4 is 45.5 Å². The molecule has 0 spiro atoms. The smallest absolute Gasteiger partial charge is 0.336 e. The molecule has 2 aromatic heterocycles. The average molecular weight is 420 g/mol. The molecule has 0 unspecified atom stereocenters. The molecule has 1 aliphatic rings. The molecule has 5 rings (SSSR count). The molecule has 4 nitrogen and oxygen atoms in total. The van der Waals surface area contributed by atoms with Gasteiger partial charge >= 0.3 is 5.63 Å². The Balaban J connectivity index is 1.77. The van der Waals surface area contributed by atoms with Gasteiger partial charge in [0.25, 0.3) is 0 Å². The van der Waals surface area contributed by atoms with Gasteiger partial charge in [-0.15, -0.1) is 23.1 Å². The molecule has 0 saturated carbocycles. The summed E-state index contributed by atoms with van der Waals surface area (Å²) in [5.41, 5.74) is 2.86. The van der Waals surface area contributed by atoms with E-state index in [2.05, 4.69) is 17.5 Å². The van der Waals surface area contributed by atoms with E-state index in [0.717, 1.165) is 27.2 Å². The van der Waals surface area contributed by atoms with E-state index in [1.165, 1.54) is 10.9 Å². The monoisotopic (exact) mass is 419 g/mol. The predicted octanol–water partition coefficient (Wildman–Crippen LogP) is 6.23. The number of fused-ring (bicyclic) bond motifs is 2. The van der Waals surface area contributed by atoms with Crippen LogP contribution in [0, 0.1) is 6.92 Å². The molecule has 1 N–H and O–H groups in total. The van der Waals surface area contributed by atoms with Gasteiger partial charge in [0.1, 0.15) is 5.75 Å². The molecule has 29 heavy (non-hydrogen) atoms. The summed E-state index contributed by atoms with van der Waals surface area (Å²) in [5.74, 6) is 0.0688. The Morgan fingerprint density at radius 3 is 2.83 bits per heavy atom. The highest BCUT2D eigenvalue weighted by atomic mass is 32.2. The number of thioether (sulfide) groups is 1. The largest absolute Gasteiger partial charge is 0.507 e. The fourth-order valence-electron chi connectivity index (χ4n) is 3.65. The number of aryl methyl sites for hydroxylation is 1. The highest BCUT2D eigenvalue weighted by Gasteiger charge is 2.26. The minimum atomic E-state index is -0.430. The maximum atomic E-state index is 12.1. The first-order chi connectivity index (χ1) is 14.1. The molecule has 6 heteroatoms. The van der Waals surface area contributed by atoms with Crippen LogP contribution >= 0.6 is 23.1 Å². The first-order valence-electron chi connectivity index (χ1n) is 9.23. The topological polar surface area (TPSA) is 62.8 Å². The van der Waals surface area contributed by atoms with Gasteiger partial charge in [-0.25, -0.2) is 4.79 Å². The second-order valence-corrected chi connectivity index (χ2v) is 9.16. The van der Waals surface area contributed by atoms with Gasteiger partial charge in [0.2, 0.25) is 0 Å². The van der Waals surface area contributed by atoms with Crippen LogP contribution < -0.4 is 5.63 Å². The lowest BCUT2D eigenvalue weighted by Crippen LogP contribution is -2.08. The maximum Gasteiger partial charge on any atom is 0.336 e. The van der Waals surface area contributed by atoms with Crippen LogP contribution in [0.15, 0.2) is 79.1 Å². The van der Waals surface area contributed by atoms with Gasteiger partial charge in [0, 0.05) is 32.9 Å². The SMILES string of the molecule is Cc1cc(=O)oc2c(C3=Nc4ccccc4S[C@@H](c4cccs4)C3)c(O)ccc12. The molecule has 1 atom stereocenters. The molecular formula is C23H17NO3S2. The van der Waals surface area contributed by atoms with Crippen LogP contribution in [-0.2, 0) is 0 Å². The van der Waals surface area contributed by atoms with Crippen molar-refractivity contribution in [1.82, 2.24) is 0 Å². The minimum absolute atomic E-state index is 0.0688. The lowest BCUT2D eigenvalue weighted by Gasteiger charge is -2.15. The number of hydrogen-bond acceptors (Lipinski definition) is 6. The van der Waals surface area contributed by atoms with E-state index in [9.17, 15) is 9.90 Å². The zero-order valence-corrected chi connectivity index (χ0v) is 17.2. The third-order valence-electron chi connectivity index (χ3n) is 5.02. The molecule has 0 radical (unpaired) electrons. The normalized spacial score (nSPS) is 16.3. The van der Waals surface area contributed by atoms with Crippen molar-refractivity contribution in [3.05, 3.63) is 86.4 Å². The lowest BCUT2D eigenvalue weighted by molar-refractivity contribution is 0.471. The summed E-state index contributed by atoms with van der Waals surface area (Å²) in [6.45, 7) is 1.87. The molecule has 1 aliphatic heterocycles. The fraction of sp³-hybridized carbons (Fsp3) is 0.130. The number of phenolic OH excluding ortho intramolecular Hbond substituents is 1. The van der Waals surface area contributed by atoms with Gasteiger partial charge in [-0.05, 0) is 48.2 Å². The van der Waals surface area contributed by atoms with Crippen molar-refractivity contribution in [3.8, 4) is 5.75 Å². The lowest BCUT2D eigenvalue weighted by atomic mass is 9.99. The van der Waals surface area contributed by atoms with Crippen LogP contribution in [0.4, 0.5) is 5.69 Å². The van der Waals surface area contributed by atoms with Gasteiger partial charge in [0.15, 0.2) is 5.58 Å². The summed E-state index contributed by atoms with van der Waals surface area (Å²) in [6, 6.07) is 17.1. The average Bonchev–Trinajstić information content (AvgIpc) is 3.16. The number of thiophene rings is 1. The number of phenols is 1. The van der Waals surface area contributed by atoms with E-state index in [0.29, 0.717) is 17.6 Å². The van der Waals surface area contributed by atoms with Crippen LogP contribution in [0.3, 0.4) is 0 Å². The zero-order valence-electron chi connectivity index (χ0n) is 15.6. The van der Waals surface area contributed by atoms with Crippen LogP contribution in [0.2, 0.25) is 0 Å². The Kier molecular flexibility index (Phi) is 4.53. The summed E-state index contributed by atoms with van der Waals surface area (Å²) in [6.07, 6.45) is 0.615. The molecule has 2 aromatic carbocycles. The number of aromatic hydroxyl groups is 1. The zero-order chi connectivity index (χ0) is 20.0. The Bertz CT molecular complexity index is 1310. The molecule has 0 bridgehead atoms. The van der Waals surface area contributed by atoms with Crippen LogP contribution in [0.5, 0.6) is 5.75 Å². The second-order valence-electron chi connectivity index (χ2n) is 6.94. The molecule has 0 fully saturated rings. The Hall–Kier alpha value is -2.83. The van der Waals surface area contributed by atoms with E-state index in [1.54, 1.807) is 35.2 Å². The molecule has 3 heterocycles. The van der Waals surface area contributed by atoms with Gasteiger partial charge in [0.05, 0.1) is 17.0 Å². The molecule has 4 aromatic rings. The summed E-state index contributed by atoms with van der Waals surface area (Å²) in [5, 5.41) is 13.8. The van der Waals surface area contributed by atoms with Crippen molar-refractivity contribution in [2.24, 2.45) is 4.99 Å². The van der Waals surface area contributed by atoms with Gasteiger partial charge in [-0.1, -0.05) is 18.2 Å². The Morgan fingerprint density at radius 1 is 1.14 bits per heavy atom. The number of para-hydroxylation sites is 1. The fourth-order valence-corrected chi connectivity index (χ4v) is 5.81. The Morgan fingerprint density at radius 2 is 2.00 bits per heavy atom. The van der Waals surface area contributed by atoms with Crippen molar-refractivity contribution in [2.75, 3.05) is 0 Å². The number of hydrogen-bond donors (Lipinski definition) is 1. The Labute approximate surface area is 175 Å². The molecule has 0 amide bonds. The third kappa shape index (κ3) is 3.28. The molecule has 0 aliphatic carbocycles. The van der Waals surface area contributed by atoms with Crippen LogP contribution in [-0.4, -0.2) is 10.8 Å². The highest BCUT2D eigenvalue weighted by molar-refractivity contribution is 7.99. The second kappa shape index (κ2) is 7.21. The highest BCUT2D eigenvalue weighted by Crippen LogP contribution is 2.47. The van der Waals surface area contributed by atoms with Crippen molar-refractivity contribution < 1.29 is 9.52 Å². The number of nitrogens with zero attached hydrogens (tertiary/aromatic N) is 1. The molecular weight excluding hydrogens is 402 g/mol. The van der Waals surface area contributed by atoms with Gasteiger partial charge in [-0.3, -0.25) is 4.99 Å². The van der Waals surface area contributed by atoms with Gasteiger partial charge < -0.3 is 9.52 Å².